The summed E-state index contributed by atoms with van der Waals surface area (Å²) in [5.74, 6) is 0. The van der Waals surface area contributed by atoms with E-state index < -0.39 is 8.07 Å². The molecule has 4 heteroatoms. The molecule has 0 saturated heterocycles. The Bertz CT molecular complexity index is 2780. The van der Waals surface area contributed by atoms with Gasteiger partial charge < -0.3 is 14.0 Å². The van der Waals surface area contributed by atoms with Gasteiger partial charge in [0.2, 0.25) is 0 Å². The monoisotopic (exact) mass is 701 g/mol. The predicted octanol–water partition coefficient (Wildman–Crippen LogP) is 12.8. The standard InChI is InChI=1S/C49H43N3Si/c1-50-46-30-34(18-26-42(46)44-28-22-37(32-48(44)50)36-20-24-41(25-21-36)53(3,4)5)16-17-35-19-27-43-45-29-23-40(33-49(45)51(2)47(43)31-35)52(38-12-8-6-9-13-38)39-14-10-7-11-15-39/h6-33H,1-5H3/b17-16+. The summed E-state index contributed by atoms with van der Waals surface area (Å²) < 4.78 is 4.67. The minimum atomic E-state index is -1.33. The van der Waals surface area contributed by atoms with E-state index in [0.717, 1.165) is 17.1 Å². The van der Waals surface area contributed by atoms with E-state index in [1.165, 1.54) is 71.1 Å². The Morgan fingerprint density at radius 1 is 0.415 bits per heavy atom. The Morgan fingerprint density at radius 2 is 0.849 bits per heavy atom. The topological polar surface area (TPSA) is 13.1 Å². The van der Waals surface area contributed by atoms with Gasteiger partial charge in [-0.15, -0.1) is 0 Å². The first-order chi connectivity index (χ1) is 25.7. The molecule has 7 aromatic carbocycles. The number of rotatable bonds is 7. The average molecular weight is 702 g/mol. The summed E-state index contributed by atoms with van der Waals surface area (Å²) in [6, 6.07) is 57.8. The van der Waals surface area contributed by atoms with Gasteiger partial charge in [0.05, 0.1) is 13.6 Å². The highest BCUT2D eigenvalue weighted by atomic mass is 28.3. The first-order valence-electron chi connectivity index (χ1n) is 18.5. The number of anilines is 3. The second-order valence-corrected chi connectivity index (χ2v) is 20.3. The van der Waals surface area contributed by atoms with Crippen LogP contribution in [0.1, 0.15) is 11.1 Å². The molecule has 0 aliphatic heterocycles. The van der Waals surface area contributed by atoms with E-state index in [9.17, 15) is 0 Å². The zero-order chi connectivity index (χ0) is 36.3. The minimum absolute atomic E-state index is 1.14. The van der Waals surface area contributed by atoms with Crippen LogP contribution in [-0.2, 0) is 14.1 Å². The van der Waals surface area contributed by atoms with Crippen molar-refractivity contribution in [2.75, 3.05) is 4.90 Å². The third-order valence-corrected chi connectivity index (χ3v) is 13.0. The first kappa shape index (κ1) is 32.8. The molecule has 0 N–H and O–H groups in total. The number of fused-ring (bicyclic) bond motifs is 6. The Balaban J connectivity index is 1.03. The average Bonchev–Trinajstić information content (AvgIpc) is 3.63. The third-order valence-electron chi connectivity index (χ3n) is 10.9. The van der Waals surface area contributed by atoms with Crippen LogP contribution < -0.4 is 10.1 Å². The highest BCUT2D eigenvalue weighted by Crippen LogP contribution is 2.38. The largest absolute Gasteiger partial charge is 0.344 e. The lowest BCUT2D eigenvalue weighted by atomic mass is 10.0. The fraction of sp³-hybridized carbons (Fsp3) is 0.102. The molecular weight excluding hydrogens is 659 g/mol. The van der Waals surface area contributed by atoms with E-state index in [1.54, 1.807) is 0 Å². The maximum absolute atomic E-state index is 2.40. The summed E-state index contributed by atoms with van der Waals surface area (Å²) in [5, 5.41) is 6.60. The van der Waals surface area contributed by atoms with Gasteiger partial charge in [-0.2, -0.15) is 0 Å². The summed E-state index contributed by atoms with van der Waals surface area (Å²) in [4.78, 5) is 2.32. The summed E-state index contributed by atoms with van der Waals surface area (Å²) in [6.07, 6.45) is 4.48. The smallest absolute Gasteiger partial charge is 0.0775 e. The number of benzene rings is 7. The lowest BCUT2D eigenvalue weighted by Crippen LogP contribution is -2.37. The van der Waals surface area contributed by atoms with Crippen molar-refractivity contribution in [2.45, 2.75) is 19.6 Å². The van der Waals surface area contributed by atoms with E-state index in [2.05, 4.69) is 218 Å². The van der Waals surface area contributed by atoms with Crippen LogP contribution in [-0.4, -0.2) is 17.2 Å². The Hall–Kier alpha value is -6.10. The molecule has 0 fully saturated rings. The molecule has 0 unspecified atom stereocenters. The maximum Gasteiger partial charge on any atom is 0.0775 e. The number of nitrogens with zero attached hydrogens (tertiary/aromatic N) is 3. The third kappa shape index (κ3) is 5.86. The normalized spacial score (nSPS) is 12.2. The van der Waals surface area contributed by atoms with Crippen molar-refractivity contribution >= 4 is 86.1 Å². The summed E-state index contributed by atoms with van der Waals surface area (Å²) in [6.45, 7) is 7.20. The highest BCUT2D eigenvalue weighted by Gasteiger charge is 2.17. The number of aryl methyl sites for hydroxylation is 2. The molecule has 0 aliphatic carbocycles. The fourth-order valence-corrected chi connectivity index (χ4v) is 9.08. The molecule has 0 spiro atoms. The molecule has 0 atom stereocenters. The summed E-state index contributed by atoms with van der Waals surface area (Å²) >= 11 is 0. The molecule has 2 heterocycles. The molecule has 0 bridgehead atoms. The van der Waals surface area contributed by atoms with E-state index >= 15 is 0 Å². The van der Waals surface area contributed by atoms with Crippen LogP contribution in [0.3, 0.4) is 0 Å². The Morgan fingerprint density at radius 3 is 1.36 bits per heavy atom. The number of aromatic nitrogens is 2. The zero-order valence-corrected chi connectivity index (χ0v) is 32.0. The van der Waals surface area contributed by atoms with Crippen LogP contribution in [0, 0.1) is 0 Å². The van der Waals surface area contributed by atoms with Crippen molar-refractivity contribution in [1.82, 2.24) is 9.13 Å². The molecule has 9 rings (SSSR count). The van der Waals surface area contributed by atoms with Gasteiger partial charge in [0, 0.05) is 69.3 Å². The van der Waals surface area contributed by atoms with Crippen molar-refractivity contribution < 1.29 is 0 Å². The fourth-order valence-electron chi connectivity index (χ4n) is 7.91. The van der Waals surface area contributed by atoms with E-state index in [-0.39, 0.29) is 0 Å². The molecule has 0 aliphatic rings. The van der Waals surface area contributed by atoms with Crippen LogP contribution in [0.5, 0.6) is 0 Å². The second-order valence-electron chi connectivity index (χ2n) is 15.3. The quantitative estimate of drug-likeness (QED) is 0.119. The van der Waals surface area contributed by atoms with Crippen LogP contribution >= 0.6 is 0 Å². The molecule has 0 amide bonds. The van der Waals surface area contributed by atoms with Crippen LogP contribution in [0.15, 0.2) is 158 Å². The lowest BCUT2D eigenvalue weighted by Gasteiger charge is -2.25. The number of para-hydroxylation sites is 2. The zero-order valence-electron chi connectivity index (χ0n) is 31.0. The SMILES string of the molecule is Cn1c2cc(/C=C/c3ccc4c5ccc(N(c6ccccc6)c6ccccc6)cc5n(C)c4c3)ccc2c2ccc(-c3ccc([Si](C)(C)C)cc3)cc21. The Labute approximate surface area is 312 Å². The van der Waals surface area contributed by atoms with Gasteiger partial charge in [-0.05, 0) is 76.9 Å². The van der Waals surface area contributed by atoms with Crippen LogP contribution in [0.2, 0.25) is 19.6 Å². The molecule has 3 nitrogen and oxygen atoms in total. The molecule has 0 saturated carbocycles. The van der Waals surface area contributed by atoms with Gasteiger partial charge in [-0.3, -0.25) is 0 Å². The number of hydrogen-bond donors (Lipinski definition) is 0. The molecule has 258 valence electrons. The maximum atomic E-state index is 2.40. The van der Waals surface area contributed by atoms with Gasteiger partial charge in [-0.25, -0.2) is 0 Å². The molecule has 53 heavy (non-hydrogen) atoms. The highest BCUT2D eigenvalue weighted by molar-refractivity contribution is 6.88. The number of hydrogen-bond acceptors (Lipinski definition) is 1. The van der Waals surface area contributed by atoms with E-state index in [0.29, 0.717) is 0 Å². The van der Waals surface area contributed by atoms with Crippen molar-refractivity contribution in [3.05, 3.63) is 169 Å². The van der Waals surface area contributed by atoms with Crippen molar-refractivity contribution in [3.63, 3.8) is 0 Å². The van der Waals surface area contributed by atoms with Crippen molar-refractivity contribution in [2.24, 2.45) is 14.1 Å². The van der Waals surface area contributed by atoms with Crippen LogP contribution in [0.25, 0.3) is 66.9 Å². The van der Waals surface area contributed by atoms with Crippen LogP contribution in [0.4, 0.5) is 17.1 Å². The van der Waals surface area contributed by atoms with Crippen molar-refractivity contribution in [1.29, 1.82) is 0 Å². The van der Waals surface area contributed by atoms with Gasteiger partial charge in [0.15, 0.2) is 0 Å². The van der Waals surface area contributed by atoms with E-state index in [1.807, 2.05) is 0 Å². The second kappa shape index (κ2) is 12.8. The lowest BCUT2D eigenvalue weighted by molar-refractivity contribution is 1.01. The van der Waals surface area contributed by atoms with Gasteiger partial charge in [0.1, 0.15) is 0 Å². The predicted molar refractivity (Wildman–Crippen MR) is 233 cm³/mol. The van der Waals surface area contributed by atoms with Gasteiger partial charge in [0.25, 0.3) is 0 Å². The summed E-state index contributed by atoms with van der Waals surface area (Å²) in [7, 11) is 3.04. The molecule has 2 aromatic heterocycles. The molecule has 0 radical (unpaired) electrons. The Kier molecular flexibility index (Phi) is 7.94. The minimum Gasteiger partial charge on any atom is -0.344 e. The van der Waals surface area contributed by atoms with E-state index in [4.69, 9.17) is 0 Å². The molecule has 9 aromatic rings. The van der Waals surface area contributed by atoms with Crippen molar-refractivity contribution in [3.8, 4) is 11.1 Å². The summed E-state index contributed by atoms with van der Waals surface area (Å²) in [5.41, 5.74) is 13.2. The molecular formula is C49H43N3Si. The van der Waals surface area contributed by atoms with Gasteiger partial charge in [-0.1, -0.05) is 140 Å². The first-order valence-corrected chi connectivity index (χ1v) is 22.0. The van der Waals surface area contributed by atoms with Gasteiger partial charge >= 0.3 is 0 Å².